The molecule has 3 aromatic rings. The molecule has 0 aliphatic carbocycles. The number of carbonyl (C=O) groups excluding carboxylic acids is 2. The number of rotatable bonds is 5. The maximum atomic E-state index is 13.1. The van der Waals surface area contributed by atoms with Crippen molar-refractivity contribution in [2.75, 3.05) is 11.4 Å². The minimum Gasteiger partial charge on any atom is -0.350 e. The van der Waals surface area contributed by atoms with Crippen LogP contribution in [0.2, 0.25) is 0 Å². The van der Waals surface area contributed by atoms with Crippen molar-refractivity contribution < 1.29 is 9.59 Å². The van der Waals surface area contributed by atoms with Gasteiger partial charge in [0.05, 0.1) is 5.92 Å². The molecule has 0 saturated heterocycles. The number of nitrogens with zero attached hydrogens (tertiary/aromatic N) is 1. The summed E-state index contributed by atoms with van der Waals surface area (Å²) >= 11 is 0. The molecule has 134 valence electrons. The second kappa shape index (κ2) is 7.46. The topological polar surface area (TPSA) is 49.4 Å². The summed E-state index contributed by atoms with van der Waals surface area (Å²) in [7, 11) is 0. The van der Waals surface area contributed by atoms with E-state index in [-0.39, 0.29) is 24.3 Å². The molecule has 0 spiro atoms. The van der Waals surface area contributed by atoms with Gasteiger partial charge in [-0.05, 0) is 22.8 Å². The molecule has 0 radical (unpaired) electrons. The maximum Gasteiger partial charge on any atom is 0.240 e. The average molecular weight is 356 g/mol. The van der Waals surface area contributed by atoms with Gasteiger partial charge in [0.1, 0.15) is 6.54 Å². The Bertz CT molecular complexity index is 954. The summed E-state index contributed by atoms with van der Waals surface area (Å²) in [6, 6.07) is 27.1. The Labute approximate surface area is 158 Å². The fourth-order valence-corrected chi connectivity index (χ4v) is 3.51. The van der Waals surface area contributed by atoms with Crippen LogP contribution in [0.3, 0.4) is 0 Å². The fourth-order valence-electron chi connectivity index (χ4n) is 3.51. The SMILES string of the molecule is O=C(CN1C(=O)C(c2ccccc2)c2ccccc21)NCc1ccccc1. The third-order valence-corrected chi connectivity index (χ3v) is 4.82. The van der Waals surface area contributed by atoms with E-state index in [0.29, 0.717) is 6.54 Å². The first-order valence-corrected chi connectivity index (χ1v) is 9.00. The lowest BCUT2D eigenvalue weighted by Crippen LogP contribution is -2.39. The summed E-state index contributed by atoms with van der Waals surface area (Å²) < 4.78 is 0. The van der Waals surface area contributed by atoms with E-state index in [9.17, 15) is 9.59 Å². The van der Waals surface area contributed by atoms with Gasteiger partial charge in [0.15, 0.2) is 0 Å². The van der Waals surface area contributed by atoms with Crippen molar-refractivity contribution in [2.45, 2.75) is 12.5 Å². The van der Waals surface area contributed by atoms with Crippen LogP contribution in [0.15, 0.2) is 84.9 Å². The number of carbonyl (C=O) groups is 2. The van der Waals surface area contributed by atoms with Gasteiger partial charge in [0.2, 0.25) is 11.8 Å². The van der Waals surface area contributed by atoms with Crippen LogP contribution in [0.1, 0.15) is 22.6 Å². The number of fused-ring (bicyclic) bond motifs is 1. The summed E-state index contributed by atoms with van der Waals surface area (Å²) in [6.45, 7) is 0.470. The van der Waals surface area contributed by atoms with Crippen LogP contribution in [-0.4, -0.2) is 18.4 Å². The largest absolute Gasteiger partial charge is 0.350 e. The highest BCUT2D eigenvalue weighted by atomic mass is 16.2. The molecule has 0 aromatic heterocycles. The molecule has 4 heteroatoms. The lowest BCUT2D eigenvalue weighted by atomic mass is 9.93. The lowest BCUT2D eigenvalue weighted by molar-refractivity contribution is -0.123. The van der Waals surface area contributed by atoms with Crippen molar-refractivity contribution in [1.82, 2.24) is 5.32 Å². The van der Waals surface area contributed by atoms with Gasteiger partial charge in [-0.3, -0.25) is 9.59 Å². The smallest absolute Gasteiger partial charge is 0.240 e. The third kappa shape index (κ3) is 3.47. The Hall–Kier alpha value is -3.40. The zero-order valence-electron chi connectivity index (χ0n) is 14.8. The Kier molecular flexibility index (Phi) is 4.71. The van der Waals surface area contributed by atoms with E-state index in [1.165, 1.54) is 0 Å². The quantitative estimate of drug-likeness (QED) is 0.761. The van der Waals surface area contributed by atoms with E-state index in [1.807, 2.05) is 84.9 Å². The molecule has 1 unspecified atom stereocenters. The van der Waals surface area contributed by atoms with Crippen LogP contribution < -0.4 is 10.2 Å². The van der Waals surface area contributed by atoms with Crippen molar-refractivity contribution in [2.24, 2.45) is 0 Å². The number of para-hydroxylation sites is 1. The Morgan fingerprint density at radius 1 is 0.852 bits per heavy atom. The monoisotopic (exact) mass is 356 g/mol. The minimum atomic E-state index is -0.357. The molecular formula is C23H20N2O2. The van der Waals surface area contributed by atoms with E-state index < -0.39 is 0 Å². The molecule has 0 bridgehead atoms. The van der Waals surface area contributed by atoms with Crippen molar-refractivity contribution >= 4 is 17.5 Å². The Morgan fingerprint density at radius 3 is 2.22 bits per heavy atom. The van der Waals surface area contributed by atoms with Gasteiger partial charge in [0.25, 0.3) is 0 Å². The van der Waals surface area contributed by atoms with E-state index in [0.717, 1.165) is 22.4 Å². The van der Waals surface area contributed by atoms with Crippen molar-refractivity contribution in [1.29, 1.82) is 0 Å². The molecule has 0 saturated carbocycles. The predicted molar refractivity (Wildman–Crippen MR) is 105 cm³/mol. The summed E-state index contributed by atoms with van der Waals surface area (Å²) in [5.41, 5.74) is 3.74. The van der Waals surface area contributed by atoms with Gasteiger partial charge in [-0.25, -0.2) is 0 Å². The van der Waals surface area contributed by atoms with Crippen LogP contribution in [-0.2, 0) is 16.1 Å². The zero-order chi connectivity index (χ0) is 18.6. The number of hydrogen-bond acceptors (Lipinski definition) is 2. The van der Waals surface area contributed by atoms with Gasteiger partial charge in [0, 0.05) is 12.2 Å². The molecule has 0 fully saturated rings. The summed E-state index contributed by atoms with van der Waals surface area (Å²) in [6.07, 6.45) is 0. The highest BCUT2D eigenvalue weighted by molar-refractivity contribution is 6.09. The second-order valence-corrected chi connectivity index (χ2v) is 6.59. The highest BCUT2D eigenvalue weighted by Gasteiger charge is 2.38. The standard InChI is InChI=1S/C23H20N2O2/c26-21(24-15-17-9-3-1-4-10-17)16-25-20-14-8-7-13-19(20)22(23(25)27)18-11-5-2-6-12-18/h1-14,22H,15-16H2,(H,24,26). The number of hydrogen-bond donors (Lipinski definition) is 1. The molecule has 2 amide bonds. The zero-order valence-corrected chi connectivity index (χ0v) is 14.8. The van der Waals surface area contributed by atoms with E-state index in [1.54, 1.807) is 4.90 Å². The molecule has 1 aliphatic rings. The van der Waals surface area contributed by atoms with E-state index in [4.69, 9.17) is 0 Å². The van der Waals surface area contributed by atoms with Crippen LogP contribution in [0, 0.1) is 0 Å². The molecule has 1 N–H and O–H groups in total. The molecule has 4 rings (SSSR count). The van der Waals surface area contributed by atoms with Crippen LogP contribution >= 0.6 is 0 Å². The molecular weight excluding hydrogens is 336 g/mol. The molecule has 27 heavy (non-hydrogen) atoms. The van der Waals surface area contributed by atoms with Gasteiger partial charge in [-0.15, -0.1) is 0 Å². The van der Waals surface area contributed by atoms with E-state index >= 15 is 0 Å². The highest BCUT2D eigenvalue weighted by Crippen LogP contribution is 2.40. The summed E-state index contributed by atoms with van der Waals surface area (Å²) in [5.74, 6) is -0.586. The van der Waals surface area contributed by atoms with E-state index in [2.05, 4.69) is 5.32 Å². The van der Waals surface area contributed by atoms with Crippen molar-refractivity contribution in [3.05, 3.63) is 102 Å². The number of nitrogens with one attached hydrogen (secondary N) is 1. The number of benzene rings is 3. The van der Waals surface area contributed by atoms with Crippen LogP contribution in [0.4, 0.5) is 5.69 Å². The van der Waals surface area contributed by atoms with Crippen molar-refractivity contribution in [3.8, 4) is 0 Å². The van der Waals surface area contributed by atoms with Gasteiger partial charge in [-0.1, -0.05) is 78.9 Å². The minimum absolute atomic E-state index is 0.0199. The molecule has 4 nitrogen and oxygen atoms in total. The molecule has 3 aromatic carbocycles. The molecule has 1 heterocycles. The normalized spacial score (nSPS) is 15.5. The predicted octanol–water partition coefficient (Wildman–Crippen LogP) is 3.48. The van der Waals surface area contributed by atoms with Crippen molar-refractivity contribution in [3.63, 3.8) is 0 Å². The first-order valence-electron chi connectivity index (χ1n) is 9.00. The van der Waals surface area contributed by atoms with Crippen LogP contribution in [0.5, 0.6) is 0 Å². The maximum absolute atomic E-state index is 13.1. The Balaban J connectivity index is 1.53. The van der Waals surface area contributed by atoms with Gasteiger partial charge in [-0.2, -0.15) is 0 Å². The first kappa shape index (κ1) is 17.0. The summed E-state index contributed by atoms with van der Waals surface area (Å²) in [5, 5.41) is 2.90. The molecule has 1 aliphatic heterocycles. The average Bonchev–Trinajstić information content (AvgIpc) is 2.99. The van der Waals surface area contributed by atoms with Gasteiger partial charge >= 0.3 is 0 Å². The van der Waals surface area contributed by atoms with Gasteiger partial charge < -0.3 is 10.2 Å². The Morgan fingerprint density at radius 2 is 1.48 bits per heavy atom. The second-order valence-electron chi connectivity index (χ2n) is 6.59. The summed E-state index contributed by atoms with van der Waals surface area (Å²) in [4.78, 5) is 27.2. The number of amides is 2. The molecule has 1 atom stereocenters. The first-order chi connectivity index (χ1) is 13.2. The van der Waals surface area contributed by atoms with Crippen LogP contribution in [0.25, 0.3) is 0 Å². The lowest BCUT2D eigenvalue weighted by Gasteiger charge is -2.18. The number of anilines is 1. The fraction of sp³-hybridized carbons (Fsp3) is 0.130. The third-order valence-electron chi connectivity index (χ3n) is 4.82.